The maximum absolute atomic E-state index is 10.6. The highest BCUT2D eigenvalue weighted by Gasteiger charge is 2.08. The van der Waals surface area contributed by atoms with Crippen molar-refractivity contribution < 1.29 is 10.0 Å². The molecule has 2 aromatic rings. The Morgan fingerprint density at radius 3 is 2.00 bits per heavy atom. The van der Waals surface area contributed by atoms with Crippen LogP contribution in [0.4, 0.5) is 17.1 Å². The van der Waals surface area contributed by atoms with Crippen LogP contribution in [-0.2, 0) is 0 Å². The van der Waals surface area contributed by atoms with Gasteiger partial charge < -0.3 is 5.11 Å². The van der Waals surface area contributed by atoms with Crippen LogP contribution in [0.2, 0.25) is 0 Å². The van der Waals surface area contributed by atoms with Gasteiger partial charge in [-0.2, -0.15) is 10.2 Å². The number of nitrogens with zero attached hydrogens (tertiary/aromatic N) is 3. The van der Waals surface area contributed by atoms with Crippen LogP contribution in [-0.4, -0.2) is 16.6 Å². The molecule has 0 radical (unpaired) electrons. The molecule has 1 unspecified atom stereocenters. The number of aliphatic hydroxyl groups excluding tert-OH is 1. The molecular formula is C17H19N3O3. The third-order valence-corrected chi connectivity index (χ3v) is 3.68. The largest absolute Gasteiger partial charge is 0.396 e. The van der Waals surface area contributed by atoms with Gasteiger partial charge in [0.05, 0.1) is 16.3 Å². The van der Waals surface area contributed by atoms with Gasteiger partial charge in [-0.3, -0.25) is 10.1 Å². The summed E-state index contributed by atoms with van der Waals surface area (Å²) in [5.41, 5.74) is 2.48. The molecule has 1 N–H and O–H groups in total. The predicted octanol–water partition coefficient (Wildman–Crippen LogP) is 4.89. The summed E-state index contributed by atoms with van der Waals surface area (Å²) in [7, 11) is 0. The molecule has 0 fully saturated rings. The Labute approximate surface area is 134 Å². The number of nitro benzene ring substituents is 1. The average Bonchev–Trinajstić information content (AvgIpc) is 2.59. The first-order valence-corrected chi connectivity index (χ1v) is 7.51. The van der Waals surface area contributed by atoms with Crippen molar-refractivity contribution in [2.24, 2.45) is 10.2 Å². The van der Waals surface area contributed by atoms with Crippen LogP contribution in [0, 0.1) is 10.1 Å². The zero-order valence-corrected chi connectivity index (χ0v) is 12.9. The average molecular weight is 313 g/mol. The molecule has 0 aliphatic carbocycles. The summed E-state index contributed by atoms with van der Waals surface area (Å²) in [4.78, 5) is 10.1. The third-order valence-electron chi connectivity index (χ3n) is 3.68. The predicted molar refractivity (Wildman–Crippen MR) is 88.4 cm³/mol. The quantitative estimate of drug-likeness (QED) is 0.448. The van der Waals surface area contributed by atoms with Crippen LogP contribution in [0.1, 0.15) is 31.2 Å². The van der Waals surface area contributed by atoms with Crippen molar-refractivity contribution in [3.8, 4) is 0 Å². The van der Waals surface area contributed by atoms with Crippen molar-refractivity contribution in [3.05, 3.63) is 64.2 Å². The molecule has 2 aromatic carbocycles. The van der Waals surface area contributed by atoms with Gasteiger partial charge in [0.2, 0.25) is 0 Å². The van der Waals surface area contributed by atoms with E-state index in [1.807, 2.05) is 24.3 Å². The van der Waals surface area contributed by atoms with E-state index in [2.05, 4.69) is 17.2 Å². The van der Waals surface area contributed by atoms with E-state index < -0.39 is 4.92 Å². The summed E-state index contributed by atoms with van der Waals surface area (Å²) < 4.78 is 0. The van der Waals surface area contributed by atoms with Gasteiger partial charge in [0.15, 0.2) is 0 Å². The van der Waals surface area contributed by atoms with Crippen molar-refractivity contribution in [1.82, 2.24) is 0 Å². The first-order valence-electron chi connectivity index (χ1n) is 7.51. The zero-order valence-electron chi connectivity index (χ0n) is 12.9. The van der Waals surface area contributed by atoms with Crippen molar-refractivity contribution in [1.29, 1.82) is 0 Å². The molecule has 0 amide bonds. The smallest absolute Gasteiger partial charge is 0.269 e. The molecule has 23 heavy (non-hydrogen) atoms. The summed E-state index contributed by atoms with van der Waals surface area (Å²) in [5, 5.41) is 27.9. The summed E-state index contributed by atoms with van der Waals surface area (Å²) in [6.45, 7) is 2.28. The number of azo groups is 1. The monoisotopic (exact) mass is 313 g/mol. The fraction of sp³-hybridized carbons (Fsp3) is 0.294. The molecule has 1 atom stereocenters. The first-order chi connectivity index (χ1) is 11.1. The molecule has 0 heterocycles. The molecule has 0 aliphatic heterocycles. The van der Waals surface area contributed by atoms with Crippen LogP contribution < -0.4 is 0 Å². The number of aliphatic hydroxyl groups is 1. The van der Waals surface area contributed by atoms with E-state index in [0.29, 0.717) is 17.3 Å². The minimum absolute atomic E-state index is 0.0304. The van der Waals surface area contributed by atoms with Crippen molar-refractivity contribution in [2.45, 2.75) is 25.7 Å². The number of benzene rings is 2. The molecular weight excluding hydrogens is 294 g/mol. The Balaban J connectivity index is 2.06. The number of hydrogen-bond donors (Lipinski definition) is 1. The molecule has 6 nitrogen and oxygen atoms in total. The second kappa shape index (κ2) is 8.14. The molecule has 0 aliphatic rings. The number of nitro groups is 1. The van der Waals surface area contributed by atoms with Crippen molar-refractivity contribution in [2.75, 3.05) is 6.61 Å². The Morgan fingerprint density at radius 1 is 1.04 bits per heavy atom. The van der Waals surface area contributed by atoms with E-state index in [1.165, 1.54) is 17.7 Å². The van der Waals surface area contributed by atoms with Gasteiger partial charge in [-0.1, -0.05) is 19.1 Å². The molecule has 0 bridgehead atoms. The normalized spacial score (nSPS) is 12.4. The lowest BCUT2D eigenvalue weighted by molar-refractivity contribution is -0.384. The fourth-order valence-electron chi connectivity index (χ4n) is 2.33. The number of non-ortho nitro benzene ring substituents is 1. The molecule has 6 heteroatoms. The number of hydrogen-bond acceptors (Lipinski definition) is 5. The first kappa shape index (κ1) is 16.8. The van der Waals surface area contributed by atoms with Gasteiger partial charge in [-0.25, -0.2) is 0 Å². The van der Waals surface area contributed by atoms with Gasteiger partial charge in [-0.05, 0) is 48.6 Å². The molecule has 2 rings (SSSR count). The standard InChI is InChI=1S/C17H19N3O3/c1-2-13(11-12-21)14-3-5-15(6-4-14)18-19-16-7-9-17(10-8-16)20(22)23/h3-10,13,21H,2,11-12H2,1H3/b19-18+. The third kappa shape index (κ3) is 4.69. The Hall–Kier alpha value is -2.60. The molecule has 0 spiro atoms. The molecule has 0 aromatic heterocycles. The maximum Gasteiger partial charge on any atom is 0.269 e. The maximum atomic E-state index is 10.6. The summed E-state index contributed by atoms with van der Waals surface area (Å²) in [5.74, 6) is 0.348. The van der Waals surface area contributed by atoms with E-state index in [-0.39, 0.29) is 12.3 Å². The highest BCUT2D eigenvalue weighted by atomic mass is 16.6. The lowest BCUT2D eigenvalue weighted by Gasteiger charge is -2.13. The fourth-order valence-corrected chi connectivity index (χ4v) is 2.33. The molecule has 120 valence electrons. The molecule has 0 saturated carbocycles. The minimum Gasteiger partial charge on any atom is -0.396 e. The van der Waals surface area contributed by atoms with Gasteiger partial charge >= 0.3 is 0 Å². The van der Waals surface area contributed by atoms with E-state index in [0.717, 1.165) is 12.8 Å². The highest BCUT2D eigenvalue weighted by molar-refractivity contribution is 5.45. The Morgan fingerprint density at radius 2 is 1.57 bits per heavy atom. The summed E-state index contributed by atoms with van der Waals surface area (Å²) >= 11 is 0. The Bertz CT molecular complexity index is 666. The van der Waals surface area contributed by atoms with Crippen LogP contribution in [0.5, 0.6) is 0 Å². The van der Waals surface area contributed by atoms with Gasteiger partial charge in [0.25, 0.3) is 5.69 Å². The van der Waals surface area contributed by atoms with Crippen LogP contribution in [0.25, 0.3) is 0 Å². The summed E-state index contributed by atoms with van der Waals surface area (Å²) in [6, 6.07) is 13.7. The van der Waals surface area contributed by atoms with E-state index in [1.54, 1.807) is 12.1 Å². The second-order valence-electron chi connectivity index (χ2n) is 5.18. The Kier molecular flexibility index (Phi) is 5.94. The SMILES string of the molecule is CCC(CCO)c1ccc(/N=N/c2ccc([N+](=O)[O-])cc2)cc1. The molecule has 0 saturated heterocycles. The van der Waals surface area contributed by atoms with E-state index in [4.69, 9.17) is 5.11 Å². The van der Waals surface area contributed by atoms with Crippen LogP contribution in [0.15, 0.2) is 58.8 Å². The van der Waals surface area contributed by atoms with Crippen LogP contribution in [0.3, 0.4) is 0 Å². The van der Waals surface area contributed by atoms with Crippen molar-refractivity contribution in [3.63, 3.8) is 0 Å². The topological polar surface area (TPSA) is 88.1 Å². The number of rotatable bonds is 7. The van der Waals surface area contributed by atoms with Crippen molar-refractivity contribution >= 4 is 17.1 Å². The van der Waals surface area contributed by atoms with Gasteiger partial charge in [-0.15, -0.1) is 0 Å². The van der Waals surface area contributed by atoms with Gasteiger partial charge in [0, 0.05) is 18.7 Å². The highest BCUT2D eigenvalue weighted by Crippen LogP contribution is 2.26. The van der Waals surface area contributed by atoms with E-state index >= 15 is 0 Å². The minimum atomic E-state index is -0.448. The second-order valence-corrected chi connectivity index (χ2v) is 5.18. The van der Waals surface area contributed by atoms with Gasteiger partial charge in [0.1, 0.15) is 0 Å². The lowest BCUT2D eigenvalue weighted by atomic mass is 9.93. The van der Waals surface area contributed by atoms with Crippen LogP contribution >= 0.6 is 0 Å². The summed E-state index contributed by atoms with van der Waals surface area (Å²) in [6.07, 6.45) is 1.73. The van der Waals surface area contributed by atoms with E-state index in [9.17, 15) is 10.1 Å². The lowest BCUT2D eigenvalue weighted by Crippen LogP contribution is -1.99. The zero-order chi connectivity index (χ0) is 16.7.